The summed E-state index contributed by atoms with van der Waals surface area (Å²) >= 11 is 4.68. The molecule has 0 aliphatic rings. The molecular weight excluding hydrogens is 464 g/mol. The van der Waals surface area contributed by atoms with Crippen LogP contribution >= 0.6 is 27.3 Å². The highest BCUT2D eigenvalue weighted by molar-refractivity contribution is 9.10. The second kappa shape index (κ2) is 8.85. The fraction of sp³-hybridized carbons (Fsp3) is 0.158. The standard InChI is InChI=1S/C19H17BrN2O4S2/c1-26-15-6-8-16(9-7-15)28(24,25)11-10-18(23)22-19-21-17(12-27-19)13-2-4-14(20)5-3-13/h2-9,12H,10-11H2,1H3,(H,21,22,23). The highest BCUT2D eigenvalue weighted by atomic mass is 79.9. The zero-order valence-corrected chi connectivity index (χ0v) is 18.1. The Morgan fingerprint density at radius 2 is 1.82 bits per heavy atom. The molecule has 28 heavy (non-hydrogen) atoms. The lowest BCUT2D eigenvalue weighted by atomic mass is 10.2. The smallest absolute Gasteiger partial charge is 0.227 e. The van der Waals surface area contributed by atoms with Gasteiger partial charge in [-0.1, -0.05) is 28.1 Å². The van der Waals surface area contributed by atoms with Gasteiger partial charge < -0.3 is 10.1 Å². The number of carbonyl (C=O) groups is 1. The Morgan fingerprint density at radius 3 is 2.46 bits per heavy atom. The number of thiazole rings is 1. The second-order valence-electron chi connectivity index (χ2n) is 5.84. The summed E-state index contributed by atoms with van der Waals surface area (Å²) in [6, 6.07) is 13.8. The Hall–Kier alpha value is -2.23. The van der Waals surface area contributed by atoms with E-state index in [1.807, 2.05) is 29.6 Å². The lowest BCUT2D eigenvalue weighted by Gasteiger charge is -2.06. The number of amides is 1. The van der Waals surface area contributed by atoms with Crippen LogP contribution in [0, 0.1) is 0 Å². The van der Waals surface area contributed by atoms with Crippen molar-refractivity contribution in [1.29, 1.82) is 0 Å². The summed E-state index contributed by atoms with van der Waals surface area (Å²) in [6.07, 6.45) is -0.151. The maximum atomic E-state index is 12.4. The van der Waals surface area contributed by atoms with Crippen LogP contribution in [0.3, 0.4) is 0 Å². The van der Waals surface area contributed by atoms with Crippen molar-refractivity contribution in [1.82, 2.24) is 4.98 Å². The van der Waals surface area contributed by atoms with E-state index in [0.717, 1.165) is 15.7 Å². The van der Waals surface area contributed by atoms with Crippen molar-refractivity contribution in [3.63, 3.8) is 0 Å². The third-order valence-corrected chi connectivity index (χ3v) is 6.93. The van der Waals surface area contributed by atoms with Crippen LogP contribution in [0.5, 0.6) is 5.75 Å². The van der Waals surface area contributed by atoms with Gasteiger partial charge in [-0.15, -0.1) is 11.3 Å². The predicted octanol–water partition coefficient (Wildman–Crippen LogP) is 4.38. The van der Waals surface area contributed by atoms with Gasteiger partial charge in [-0.25, -0.2) is 13.4 Å². The number of anilines is 1. The Bertz CT molecular complexity index is 1060. The van der Waals surface area contributed by atoms with Crippen LogP contribution in [0.1, 0.15) is 6.42 Å². The van der Waals surface area contributed by atoms with Gasteiger partial charge >= 0.3 is 0 Å². The number of sulfone groups is 1. The third kappa shape index (κ3) is 5.18. The first kappa shape index (κ1) is 20.5. The maximum Gasteiger partial charge on any atom is 0.227 e. The number of hydrogen-bond acceptors (Lipinski definition) is 6. The van der Waals surface area contributed by atoms with Gasteiger partial charge in [0.15, 0.2) is 15.0 Å². The largest absolute Gasteiger partial charge is 0.497 e. The molecule has 0 aliphatic heterocycles. The summed E-state index contributed by atoms with van der Waals surface area (Å²) in [5.41, 5.74) is 1.68. The summed E-state index contributed by atoms with van der Waals surface area (Å²) in [7, 11) is -2.04. The molecule has 3 aromatic rings. The molecule has 0 unspecified atom stereocenters. The molecule has 0 aliphatic carbocycles. The van der Waals surface area contributed by atoms with Crippen molar-refractivity contribution < 1.29 is 17.9 Å². The molecule has 0 spiro atoms. The van der Waals surface area contributed by atoms with Gasteiger partial charge in [0.05, 0.1) is 23.5 Å². The van der Waals surface area contributed by atoms with Crippen LogP contribution in [0.25, 0.3) is 11.3 Å². The van der Waals surface area contributed by atoms with Crippen molar-refractivity contribution in [2.45, 2.75) is 11.3 Å². The number of hydrogen-bond donors (Lipinski definition) is 1. The number of nitrogens with one attached hydrogen (secondary N) is 1. The van der Waals surface area contributed by atoms with Gasteiger partial charge in [-0.3, -0.25) is 4.79 Å². The fourth-order valence-electron chi connectivity index (χ4n) is 2.39. The number of nitrogens with zero attached hydrogens (tertiary/aromatic N) is 1. The number of carbonyl (C=O) groups excluding carboxylic acids is 1. The Kier molecular flexibility index (Phi) is 6.48. The van der Waals surface area contributed by atoms with Crippen LogP contribution in [-0.4, -0.2) is 32.2 Å². The van der Waals surface area contributed by atoms with E-state index >= 15 is 0 Å². The van der Waals surface area contributed by atoms with Crippen molar-refractivity contribution >= 4 is 48.1 Å². The Labute approximate surface area is 175 Å². The Morgan fingerprint density at radius 1 is 1.14 bits per heavy atom. The highest BCUT2D eigenvalue weighted by Gasteiger charge is 2.17. The van der Waals surface area contributed by atoms with Gasteiger partial charge in [-0.2, -0.15) is 0 Å². The van der Waals surface area contributed by atoms with E-state index in [9.17, 15) is 13.2 Å². The molecule has 0 saturated carbocycles. The number of rotatable bonds is 7. The van der Waals surface area contributed by atoms with Gasteiger partial charge in [-0.05, 0) is 36.4 Å². The molecule has 1 N–H and O–H groups in total. The summed E-state index contributed by atoms with van der Waals surface area (Å²) in [6.45, 7) is 0. The van der Waals surface area contributed by atoms with Gasteiger partial charge in [0.1, 0.15) is 5.75 Å². The van der Waals surface area contributed by atoms with Crippen LogP contribution < -0.4 is 10.1 Å². The molecule has 0 fully saturated rings. The lowest BCUT2D eigenvalue weighted by Crippen LogP contribution is -2.17. The van der Waals surface area contributed by atoms with E-state index in [0.29, 0.717) is 10.9 Å². The van der Waals surface area contributed by atoms with Gasteiger partial charge in [0.2, 0.25) is 5.91 Å². The number of benzene rings is 2. The van der Waals surface area contributed by atoms with Crippen LogP contribution in [0.15, 0.2) is 63.3 Å². The van der Waals surface area contributed by atoms with E-state index in [2.05, 4.69) is 26.2 Å². The topological polar surface area (TPSA) is 85.4 Å². The normalized spacial score (nSPS) is 11.2. The maximum absolute atomic E-state index is 12.4. The summed E-state index contributed by atoms with van der Waals surface area (Å²) in [5.74, 6) is -0.105. The first-order valence-electron chi connectivity index (χ1n) is 8.25. The summed E-state index contributed by atoms with van der Waals surface area (Å²) in [5, 5.41) is 4.94. The fourth-order valence-corrected chi connectivity index (χ4v) is 4.63. The van der Waals surface area contributed by atoms with Crippen molar-refractivity contribution in [3.8, 4) is 17.0 Å². The zero-order chi connectivity index (χ0) is 20.1. The van der Waals surface area contributed by atoms with Crippen molar-refractivity contribution in [2.75, 3.05) is 18.2 Å². The molecular formula is C19H17BrN2O4S2. The minimum atomic E-state index is -3.55. The van der Waals surface area contributed by atoms with Crippen molar-refractivity contribution in [2.24, 2.45) is 0 Å². The molecule has 2 aromatic carbocycles. The van der Waals surface area contributed by atoms with Gasteiger partial charge in [0, 0.05) is 21.8 Å². The molecule has 6 nitrogen and oxygen atoms in total. The number of methoxy groups -OCH3 is 1. The van der Waals surface area contributed by atoms with E-state index < -0.39 is 15.7 Å². The SMILES string of the molecule is COc1ccc(S(=O)(=O)CCC(=O)Nc2nc(-c3ccc(Br)cc3)cs2)cc1. The van der Waals surface area contributed by atoms with E-state index in [-0.39, 0.29) is 17.1 Å². The minimum absolute atomic E-state index is 0.151. The molecule has 1 amide bonds. The quantitative estimate of drug-likeness (QED) is 0.541. The zero-order valence-electron chi connectivity index (χ0n) is 14.9. The molecule has 0 bridgehead atoms. The van der Waals surface area contributed by atoms with E-state index in [4.69, 9.17) is 4.74 Å². The molecule has 0 saturated heterocycles. The van der Waals surface area contributed by atoms with Gasteiger partial charge in [0.25, 0.3) is 0 Å². The second-order valence-corrected chi connectivity index (χ2v) is 9.72. The van der Waals surface area contributed by atoms with Crippen LogP contribution in [-0.2, 0) is 14.6 Å². The molecule has 0 atom stereocenters. The first-order chi connectivity index (χ1) is 13.4. The predicted molar refractivity (Wildman–Crippen MR) is 114 cm³/mol. The highest BCUT2D eigenvalue weighted by Crippen LogP contribution is 2.26. The van der Waals surface area contributed by atoms with E-state index in [1.165, 1.54) is 30.6 Å². The average Bonchev–Trinajstić information content (AvgIpc) is 3.15. The summed E-state index contributed by atoms with van der Waals surface area (Å²) < 4.78 is 30.7. The minimum Gasteiger partial charge on any atom is -0.497 e. The number of halogens is 1. The van der Waals surface area contributed by atoms with Crippen LogP contribution in [0.2, 0.25) is 0 Å². The number of aromatic nitrogens is 1. The molecule has 1 aromatic heterocycles. The third-order valence-electron chi connectivity index (χ3n) is 3.91. The molecule has 3 rings (SSSR count). The lowest BCUT2D eigenvalue weighted by molar-refractivity contribution is -0.115. The molecule has 1 heterocycles. The number of ether oxygens (including phenoxy) is 1. The molecule has 0 radical (unpaired) electrons. The van der Waals surface area contributed by atoms with E-state index in [1.54, 1.807) is 12.1 Å². The molecule has 146 valence electrons. The average molecular weight is 481 g/mol. The van der Waals surface area contributed by atoms with Crippen molar-refractivity contribution in [3.05, 3.63) is 58.4 Å². The first-order valence-corrected chi connectivity index (χ1v) is 11.6. The summed E-state index contributed by atoms with van der Waals surface area (Å²) in [4.78, 5) is 16.7. The molecule has 9 heteroatoms. The monoisotopic (exact) mass is 480 g/mol. The van der Waals surface area contributed by atoms with Crippen LogP contribution in [0.4, 0.5) is 5.13 Å². The Balaban J connectivity index is 1.59.